The number of likely N-dealkylation sites (N-methyl/N-ethyl adjacent to an activating group) is 1. The number of aliphatic hydroxyl groups is 1. The van der Waals surface area contributed by atoms with Crippen LogP contribution in [0.25, 0.3) is 0 Å². The van der Waals surface area contributed by atoms with Crippen molar-refractivity contribution < 1.29 is 48.3 Å². The molecule has 0 saturated carbocycles. The van der Waals surface area contributed by atoms with Gasteiger partial charge in [0.1, 0.15) is 17.8 Å². The van der Waals surface area contributed by atoms with Gasteiger partial charge in [0, 0.05) is 40.0 Å². The second-order valence-corrected chi connectivity index (χ2v) is 10.1. The van der Waals surface area contributed by atoms with Gasteiger partial charge < -0.3 is 30.3 Å². The molecule has 14 heteroatoms. The van der Waals surface area contributed by atoms with Crippen molar-refractivity contribution in [3.8, 4) is 5.75 Å². The Balaban J connectivity index is 2.90. The van der Waals surface area contributed by atoms with Crippen molar-refractivity contribution in [3.63, 3.8) is 0 Å². The van der Waals surface area contributed by atoms with E-state index in [4.69, 9.17) is 20.0 Å². The zero-order valence-electron chi connectivity index (χ0n) is 21.7. The highest BCUT2D eigenvalue weighted by Crippen LogP contribution is 2.37. The van der Waals surface area contributed by atoms with Gasteiger partial charge in [-0.3, -0.25) is 29.0 Å². The van der Waals surface area contributed by atoms with E-state index in [0.29, 0.717) is 18.5 Å². The van der Waals surface area contributed by atoms with E-state index in [9.17, 15) is 23.7 Å². The molecule has 1 aromatic rings. The normalized spacial score (nSPS) is 12.8. The summed E-state index contributed by atoms with van der Waals surface area (Å²) in [6, 6.07) is 3.32. The highest BCUT2D eigenvalue weighted by atomic mass is 31.2. The van der Waals surface area contributed by atoms with Crippen LogP contribution < -0.4 is 15.2 Å². The summed E-state index contributed by atoms with van der Waals surface area (Å²) in [6.07, 6.45) is 3.58. The smallest absolute Gasteiger partial charge is 0.481 e. The van der Waals surface area contributed by atoms with E-state index in [1.807, 2.05) is 0 Å². The number of nitrogens with one attached hydrogen (secondary N) is 2. The van der Waals surface area contributed by atoms with Gasteiger partial charge in [-0.1, -0.05) is 31.4 Å². The maximum Gasteiger partial charge on any atom is 0.524 e. The molecule has 13 nitrogen and oxygen atoms in total. The number of unbranched alkanes of at least 4 members (excludes halogenated alkanes) is 4. The number of nitrogens with zero attached hydrogens (tertiary/aromatic N) is 1. The fourth-order valence-electron chi connectivity index (χ4n) is 3.68. The van der Waals surface area contributed by atoms with Crippen LogP contribution in [-0.4, -0.2) is 80.9 Å². The number of rotatable bonds is 18. The van der Waals surface area contributed by atoms with Crippen molar-refractivity contribution in [2.24, 2.45) is 0 Å². The molecule has 1 rings (SSSR count). The molecule has 6 N–H and O–H groups in total. The van der Waals surface area contributed by atoms with Crippen molar-refractivity contribution in [1.82, 2.24) is 15.5 Å². The fraction of sp³-hybridized carbons (Fsp3) is 0.583. The molecule has 1 aromatic carbocycles. The van der Waals surface area contributed by atoms with E-state index in [0.717, 1.165) is 25.7 Å². The number of benzene rings is 1. The second-order valence-electron chi connectivity index (χ2n) is 8.93. The molecule has 2 atom stereocenters. The maximum absolute atomic E-state index is 13.1. The van der Waals surface area contributed by atoms with Crippen LogP contribution in [0.5, 0.6) is 5.75 Å². The fourth-order valence-corrected chi connectivity index (χ4v) is 4.08. The molecule has 0 spiro atoms. The van der Waals surface area contributed by atoms with Gasteiger partial charge in [-0.25, -0.2) is 4.57 Å². The van der Waals surface area contributed by atoms with Gasteiger partial charge in [-0.05, 0) is 37.0 Å². The van der Waals surface area contributed by atoms with Crippen molar-refractivity contribution in [2.75, 3.05) is 20.2 Å². The van der Waals surface area contributed by atoms with Crippen LogP contribution in [0.1, 0.15) is 57.4 Å². The zero-order chi connectivity index (χ0) is 28.7. The minimum atomic E-state index is -4.73. The summed E-state index contributed by atoms with van der Waals surface area (Å²) >= 11 is 0. The Labute approximate surface area is 221 Å². The average Bonchev–Trinajstić information content (AvgIpc) is 2.82. The summed E-state index contributed by atoms with van der Waals surface area (Å²) < 4.78 is 15.5. The van der Waals surface area contributed by atoms with E-state index >= 15 is 0 Å². The average molecular weight is 560 g/mol. The number of aliphatic carboxylic acids is 1. The number of hydrogen-bond donors (Lipinski definition) is 6. The van der Waals surface area contributed by atoms with Crippen LogP contribution in [0.4, 0.5) is 0 Å². The van der Waals surface area contributed by atoms with Crippen molar-refractivity contribution in [2.45, 2.75) is 70.4 Å². The lowest BCUT2D eigenvalue weighted by molar-refractivity contribution is -0.139. The van der Waals surface area contributed by atoms with Crippen molar-refractivity contribution in [1.29, 1.82) is 0 Å². The zero-order valence-corrected chi connectivity index (χ0v) is 22.6. The van der Waals surface area contributed by atoms with Crippen LogP contribution in [0.3, 0.4) is 0 Å². The Morgan fingerprint density at radius 3 is 2.13 bits per heavy atom. The summed E-state index contributed by atoms with van der Waals surface area (Å²) in [5.74, 6) is -2.84. The molecule has 0 bridgehead atoms. The molecule has 38 heavy (non-hydrogen) atoms. The van der Waals surface area contributed by atoms with E-state index in [2.05, 4.69) is 15.2 Å². The van der Waals surface area contributed by atoms with E-state index in [1.54, 1.807) is 7.05 Å². The molecule has 0 saturated heterocycles. The number of carboxylic acid groups (broad SMARTS) is 1. The first kappa shape index (κ1) is 33.0. The highest BCUT2D eigenvalue weighted by Gasteiger charge is 2.28. The van der Waals surface area contributed by atoms with E-state index < -0.39 is 43.6 Å². The minimum absolute atomic E-state index is 0.00881. The van der Waals surface area contributed by atoms with Crippen molar-refractivity contribution >= 4 is 31.5 Å². The van der Waals surface area contributed by atoms with Crippen LogP contribution in [-0.2, 0) is 30.2 Å². The number of phosphoric acid groups is 1. The third-order valence-corrected chi connectivity index (χ3v) is 6.02. The molecule has 0 heterocycles. The van der Waals surface area contributed by atoms with E-state index in [-0.39, 0.29) is 31.6 Å². The number of carbonyl (C=O) groups is 4. The topological polar surface area (TPSA) is 203 Å². The first-order valence-electron chi connectivity index (χ1n) is 12.3. The lowest BCUT2D eigenvalue weighted by Gasteiger charge is -2.26. The number of carboxylic acids is 1. The summed E-state index contributed by atoms with van der Waals surface area (Å²) in [5.41, 5.74) is 0.531. The molecule has 0 aliphatic carbocycles. The second kappa shape index (κ2) is 16.8. The molecular formula is C24H38N3O10P. The predicted octanol–water partition coefficient (Wildman–Crippen LogP) is 0.956. The minimum Gasteiger partial charge on any atom is -0.481 e. The van der Waals surface area contributed by atoms with Gasteiger partial charge in [-0.15, -0.1) is 0 Å². The third-order valence-electron chi connectivity index (χ3n) is 5.57. The Morgan fingerprint density at radius 1 is 0.974 bits per heavy atom. The summed E-state index contributed by atoms with van der Waals surface area (Å²) in [5, 5.41) is 23.0. The van der Waals surface area contributed by atoms with Gasteiger partial charge in [0.25, 0.3) is 0 Å². The Morgan fingerprint density at radius 2 is 1.58 bits per heavy atom. The van der Waals surface area contributed by atoms with Gasteiger partial charge in [0.2, 0.25) is 17.7 Å². The van der Waals surface area contributed by atoms with Gasteiger partial charge in [-0.2, -0.15) is 0 Å². The quantitative estimate of drug-likeness (QED) is 0.111. The Hall–Kier alpha value is -2.99. The van der Waals surface area contributed by atoms with Crippen LogP contribution in [0.15, 0.2) is 24.3 Å². The molecule has 0 aromatic heterocycles. The summed E-state index contributed by atoms with van der Waals surface area (Å²) in [4.78, 5) is 68.3. The van der Waals surface area contributed by atoms with Gasteiger partial charge >= 0.3 is 13.8 Å². The molecule has 0 unspecified atom stereocenters. The standard InChI is InChI=1S/C24H38N3O10P/c1-17(29)25-21(16-18-8-10-19(11-9-18)37-38(34,35)36)23(32)26-20(12-13-22(30)31)24(33)27(2)14-6-4-3-5-7-15-28/h8-11,20-21,28H,3-7,12-16H2,1-2H3,(H,25,29)(H,26,32)(H,30,31)(H2,34,35,36)/t20-,21-/m0/s1. The Bertz CT molecular complexity index is 967. The first-order chi connectivity index (χ1) is 17.8. The lowest BCUT2D eigenvalue weighted by Crippen LogP contribution is -2.54. The van der Waals surface area contributed by atoms with Crippen LogP contribution in [0, 0.1) is 0 Å². The predicted molar refractivity (Wildman–Crippen MR) is 137 cm³/mol. The number of amides is 3. The molecule has 0 fully saturated rings. The van der Waals surface area contributed by atoms with Gasteiger partial charge in [0.05, 0.1) is 0 Å². The lowest BCUT2D eigenvalue weighted by atomic mass is 10.0. The number of phosphoric ester groups is 1. The van der Waals surface area contributed by atoms with Gasteiger partial charge in [0.15, 0.2) is 0 Å². The SMILES string of the molecule is CC(=O)N[C@@H](Cc1ccc(OP(=O)(O)O)cc1)C(=O)N[C@@H](CCC(=O)O)C(=O)N(C)CCCCCCCO. The molecule has 0 radical (unpaired) electrons. The summed E-state index contributed by atoms with van der Waals surface area (Å²) in [6.45, 7) is 1.77. The van der Waals surface area contributed by atoms with Crippen LogP contribution in [0.2, 0.25) is 0 Å². The van der Waals surface area contributed by atoms with Crippen molar-refractivity contribution in [3.05, 3.63) is 29.8 Å². The highest BCUT2D eigenvalue weighted by molar-refractivity contribution is 7.46. The number of carbonyl (C=O) groups excluding carboxylic acids is 3. The molecule has 3 amide bonds. The molecular weight excluding hydrogens is 521 g/mol. The first-order valence-corrected chi connectivity index (χ1v) is 13.8. The Kier molecular flexibility index (Phi) is 14.6. The molecule has 214 valence electrons. The largest absolute Gasteiger partial charge is 0.524 e. The monoisotopic (exact) mass is 559 g/mol. The summed E-state index contributed by atoms with van der Waals surface area (Å²) in [7, 11) is -3.16. The molecule has 0 aliphatic heterocycles. The van der Waals surface area contributed by atoms with E-state index in [1.165, 1.54) is 36.1 Å². The number of aliphatic hydroxyl groups excluding tert-OH is 1. The third kappa shape index (κ3) is 14.1. The maximum atomic E-state index is 13.1. The number of hydrogen-bond acceptors (Lipinski definition) is 7. The van der Waals surface area contributed by atoms with Crippen LogP contribution >= 0.6 is 7.82 Å². The molecule has 0 aliphatic rings.